The molecule has 1 aliphatic heterocycles. The quantitative estimate of drug-likeness (QED) is 0.581. The third-order valence-corrected chi connectivity index (χ3v) is 4.75. The van der Waals surface area contributed by atoms with Gasteiger partial charge in [0.05, 0.1) is 6.42 Å². The van der Waals surface area contributed by atoms with Gasteiger partial charge in [0, 0.05) is 18.0 Å². The molecule has 0 unspecified atom stereocenters. The van der Waals surface area contributed by atoms with Crippen LogP contribution in [0.2, 0.25) is 0 Å². The van der Waals surface area contributed by atoms with Gasteiger partial charge in [-0.1, -0.05) is 19.3 Å². The van der Waals surface area contributed by atoms with E-state index in [1.54, 1.807) is 18.2 Å². The van der Waals surface area contributed by atoms with Crippen molar-refractivity contribution in [3.63, 3.8) is 0 Å². The van der Waals surface area contributed by atoms with Crippen LogP contribution < -0.4 is 14.8 Å². The smallest absolute Gasteiger partial charge is 0.306 e. The van der Waals surface area contributed by atoms with Crippen LogP contribution in [0.3, 0.4) is 0 Å². The highest BCUT2D eigenvalue weighted by molar-refractivity contribution is 5.98. The maximum Gasteiger partial charge on any atom is 0.306 e. The van der Waals surface area contributed by atoms with Crippen molar-refractivity contribution in [1.29, 1.82) is 0 Å². The van der Waals surface area contributed by atoms with Crippen molar-refractivity contribution in [2.45, 2.75) is 51.0 Å². The van der Waals surface area contributed by atoms with E-state index in [4.69, 9.17) is 14.2 Å². The highest BCUT2D eigenvalue weighted by atomic mass is 16.6. The zero-order chi connectivity index (χ0) is 19.1. The second-order valence-corrected chi connectivity index (χ2v) is 6.84. The average Bonchev–Trinajstić information content (AvgIpc) is 2.71. The molecule has 1 aromatic rings. The number of esters is 1. The van der Waals surface area contributed by atoms with Gasteiger partial charge in [0.1, 0.15) is 13.2 Å². The fourth-order valence-electron chi connectivity index (χ4n) is 3.31. The summed E-state index contributed by atoms with van der Waals surface area (Å²) in [5.74, 6) is 0.124. The fourth-order valence-corrected chi connectivity index (χ4v) is 3.31. The van der Waals surface area contributed by atoms with Crippen LogP contribution in [0, 0.1) is 0 Å². The van der Waals surface area contributed by atoms with Crippen LogP contribution in [-0.4, -0.2) is 43.5 Å². The minimum absolute atomic E-state index is 0.0166. The van der Waals surface area contributed by atoms with Gasteiger partial charge in [-0.2, -0.15) is 0 Å². The number of ketones is 1. The van der Waals surface area contributed by atoms with Crippen molar-refractivity contribution >= 4 is 17.7 Å². The first-order valence-corrected chi connectivity index (χ1v) is 9.49. The minimum atomic E-state index is -0.556. The fraction of sp³-hybridized carbons (Fsp3) is 0.550. The molecule has 0 aromatic heterocycles. The molecule has 3 rings (SSSR count). The number of amides is 1. The third-order valence-electron chi connectivity index (χ3n) is 4.75. The van der Waals surface area contributed by atoms with Crippen molar-refractivity contribution in [3.8, 4) is 11.5 Å². The lowest BCUT2D eigenvalue weighted by Gasteiger charge is -2.22. The van der Waals surface area contributed by atoms with Crippen molar-refractivity contribution in [3.05, 3.63) is 23.8 Å². The minimum Gasteiger partial charge on any atom is -0.486 e. The molecular formula is C20H25NO6. The number of benzene rings is 1. The van der Waals surface area contributed by atoms with E-state index >= 15 is 0 Å². The van der Waals surface area contributed by atoms with Crippen molar-refractivity contribution in [2.24, 2.45) is 0 Å². The topological polar surface area (TPSA) is 90.9 Å². The van der Waals surface area contributed by atoms with E-state index in [0.717, 1.165) is 25.7 Å². The van der Waals surface area contributed by atoms with Gasteiger partial charge in [0.25, 0.3) is 5.91 Å². The Labute approximate surface area is 158 Å². The van der Waals surface area contributed by atoms with Gasteiger partial charge >= 0.3 is 5.97 Å². The number of nitrogens with one attached hydrogen (secondary N) is 1. The van der Waals surface area contributed by atoms with Crippen LogP contribution in [0.5, 0.6) is 11.5 Å². The number of hydrogen-bond donors (Lipinski definition) is 1. The number of carbonyl (C=O) groups is 3. The summed E-state index contributed by atoms with van der Waals surface area (Å²) in [6, 6.07) is 5.15. The van der Waals surface area contributed by atoms with Gasteiger partial charge in [-0.05, 0) is 31.0 Å². The molecule has 1 saturated carbocycles. The molecule has 1 aromatic carbocycles. The molecule has 0 radical (unpaired) electrons. The van der Waals surface area contributed by atoms with Gasteiger partial charge in [-0.3, -0.25) is 14.4 Å². The molecule has 27 heavy (non-hydrogen) atoms. The van der Waals surface area contributed by atoms with Crippen LogP contribution in [0.15, 0.2) is 18.2 Å². The van der Waals surface area contributed by atoms with Crippen LogP contribution in [0.25, 0.3) is 0 Å². The van der Waals surface area contributed by atoms with Gasteiger partial charge in [-0.25, -0.2) is 0 Å². The lowest BCUT2D eigenvalue weighted by Crippen LogP contribution is -2.38. The zero-order valence-electron chi connectivity index (χ0n) is 15.3. The molecule has 0 atom stereocenters. The van der Waals surface area contributed by atoms with Crippen molar-refractivity contribution in [2.75, 3.05) is 19.8 Å². The maximum absolute atomic E-state index is 12.3. The van der Waals surface area contributed by atoms with E-state index in [1.807, 2.05) is 0 Å². The van der Waals surface area contributed by atoms with Crippen LogP contribution >= 0.6 is 0 Å². The van der Waals surface area contributed by atoms with Gasteiger partial charge < -0.3 is 19.5 Å². The molecule has 2 aliphatic rings. The second-order valence-electron chi connectivity index (χ2n) is 6.84. The molecule has 0 spiro atoms. The van der Waals surface area contributed by atoms with E-state index in [2.05, 4.69) is 5.32 Å². The first-order valence-electron chi connectivity index (χ1n) is 9.49. The molecule has 0 saturated heterocycles. The number of carbonyl (C=O) groups excluding carboxylic acids is 3. The van der Waals surface area contributed by atoms with Gasteiger partial charge in [-0.15, -0.1) is 0 Å². The highest BCUT2D eigenvalue weighted by Gasteiger charge is 2.18. The highest BCUT2D eigenvalue weighted by Crippen LogP contribution is 2.31. The Hall–Kier alpha value is -2.57. The van der Waals surface area contributed by atoms with Crippen LogP contribution in [0.4, 0.5) is 0 Å². The largest absolute Gasteiger partial charge is 0.486 e. The molecule has 1 heterocycles. The molecule has 0 bridgehead atoms. The normalized spacial score (nSPS) is 16.4. The Bertz CT molecular complexity index is 696. The number of ether oxygens (including phenoxy) is 3. The van der Waals surface area contributed by atoms with E-state index in [9.17, 15) is 14.4 Å². The predicted molar refractivity (Wildman–Crippen MR) is 97.0 cm³/mol. The van der Waals surface area contributed by atoms with Gasteiger partial charge in [0.15, 0.2) is 23.9 Å². The van der Waals surface area contributed by atoms with Crippen LogP contribution in [0.1, 0.15) is 55.3 Å². The summed E-state index contributed by atoms with van der Waals surface area (Å²) >= 11 is 0. The number of hydrogen-bond acceptors (Lipinski definition) is 6. The third kappa shape index (κ3) is 5.70. The molecular weight excluding hydrogens is 350 g/mol. The summed E-state index contributed by atoms with van der Waals surface area (Å²) in [6.07, 6.45) is 5.35. The maximum atomic E-state index is 12.3. The van der Waals surface area contributed by atoms with E-state index < -0.39 is 5.97 Å². The summed E-state index contributed by atoms with van der Waals surface area (Å²) in [5.41, 5.74) is 0.460. The Morgan fingerprint density at radius 1 is 1.00 bits per heavy atom. The number of Topliss-reactive ketones (excluding diaryl/α,β-unsaturated/α-hetero) is 1. The molecule has 1 fully saturated rings. The van der Waals surface area contributed by atoms with E-state index in [-0.39, 0.29) is 37.2 Å². The zero-order valence-corrected chi connectivity index (χ0v) is 15.3. The first kappa shape index (κ1) is 19.2. The number of fused-ring (bicyclic) bond motifs is 1. The van der Waals surface area contributed by atoms with E-state index in [1.165, 1.54) is 6.42 Å². The molecule has 1 amide bonds. The van der Waals surface area contributed by atoms with Crippen molar-refractivity contribution < 1.29 is 28.6 Å². The molecule has 146 valence electrons. The summed E-state index contributed by atoms with van der Waals surface area (Å²) in [4.78, 5) is 35.9. The monoisotopic (exact) mass is 375 g/mol. The first-order chi connectivity index (χ1) is 13.1. The number of rotatable bonds is 7. The summed E-state index contributed by atoms with van der Waals surface area (Å²) in [6.45, 7) is 0.633. The van der Waals surface area contributed by atoms with Gasteiger partial charge in [0.2, 0.25) is 0 Å². The second kappa shape index (κ2) is 9.39. The Morgan fingerprint density at radius 3 is 2.52 bits per heavy atom. The Kier molecular flexibility index (Phi) is 6.68. The predicted octanol–water partition coefficient (Wildman–Crippen LogP) is 2.41. The molecule has 7 nitrogen and oxygen atoms in total. The van der Waals surface area contributed by atoms with Crippen molar-refractivity contribution in [1.82, 2.24) is 5.32 Å². The van der Waals surface area contributed by atoms with E-state index in [0.29, 0.717) is 30.3 Å². The average molecular weight is 375 g/mol. The van der Waals surface area contributed by atoms with Crippen LogP contribution in [-0.2, 0) is 14.3 Å². The molecule has 1 N–H and O–H groups in total. The molecule has 1 aliphatic carbocycles. The Balaban J connectivity index is 1.38. The Morgan fingerprint density at radius 2 is 1.74 bits per heavy atom. The molecule has 7 heteroatoms. The SMILES string of the molecule is O=C(COC(=O)CCC(=O)c1ccc2c(c1)OCCO2)NC1CCCCC1. The lowest BCUT2D eigenvalue weighted by molar-refractivity contribution is -0.148. The summed E-state index contributed by atoms with van der Waals surface area (Å²) < 4.78 is 15.8. The standard InChI is InChI=1S/C20H25NO6/c22-16(14-6-8-17-18(12-14)26-11-10-25-17)7-9-20(24)27-13-19(23)21-15-4-2-1-3-5-15/h6,8,12,15H,1-5,7,9-11,13H2,(H,21,23). The summed E-state index contributed by atoms with van der Waals surface area (Å²) in [7, 11) is 0. The lowest BCUT2D eigenvalue weighted by atomic mass is 9.95. The summed E-state index contributed by atoms with van der Waals surface area (Å²) in [5, 5.41) is 2.89.